The van der Waals surface area contributed by atoms with Crippen molar-refractivity contribution in [2.24, 2.45) is 0 Å². The number of likely N-dealkylation sites (N-methyl/N-ethyl adjacent to an activating group) is 2. The molecule has 1 aliphatic heterocycles. The fourth-order valence-electron chi connectivity index (χ4n) is 2.28. The van der Waals surface area contributed by atoms with Crippen LogP contribution >= 0.6 is 0 Å². The van der Waals surface area contributed by atoms with E-state index < -0.39 is 0 Å². The number of anilines is 1. The number of carbonyl (C=O) groups is 1. The second-order valence-electron chi connectivity index (χ2n) is 4.67. The molecule has 1 fully saturated rings. The molecule has 1 atom stereocenters. The Hall–Kier alpha value is -1.56. The van der Waals surface area contributed by atoms with Crippen LogP contribution < -0.4 is 5.73 Å². The number of nitrogens with one attached hydrogen (secondary N) is 1. The van der Waals surface area contributed by atoms with Gasteiger partial charge < -0.3 is 15.5 Å². The fraction of sp³-hybridized carbons (Fsp3) is 0.636. The molecule has 1 aromatic rings. The number of aromatic nitrogens is 2. The maximum absolute atomic E-state index is 12.2. The first-order valence-corrected chi connectivity index (χ1v) is 5.84. The van der Waals surface area contributed by atoms with Gasteiger partial charge in [0.2, 0.25) is 0 Å². The second-order valence-corrected chi connectivity index (χ2v) is 4.67. The minimum absolute atomic E-state index is 0.0587. The summed E-state index contributed by atoms with van der Waals surface area (Å²) in [6, 6.07) is 0.260. The highest BCUT2D eigenvalue weighted by Gasteiger charge is 2.26. The maximum Gasteiger partial charge on any atom is 0.259 e. The molecule has 1 saturated heterocycles. The lowest BCUT2D eigenvalue weighted by Crippen LogP contribution is -2.47. The molecule has 1 amide bonds. The van der Waals surface area contributed by atoms with E-state index in [4.69, 9.17) is 5.73 Å². The Bertz CT molecular complexity index is 402. The topological polar surface area (TPSA) is 78.2 Å². The van der Waals surface area contributed by atoms with Crippen LogP contribution in [-0.4, -0.2) is 59.1 Å². The van der Waals surface area contributed by atoms with Gasteiger partial charge >= 0.3 is 0 Å². The van der Waals surface area contributed by atoms with Crippen molar-refractivity contribution in [2.45, 2.75) is 18.9 Å². The third-order valence-corrected chi connectivity index (χ3v) is 3.37. The van der Waals surface area contributed by atoms with E-state index in [0.29, 0.717) is 11.4 Å². The number of rotatable bonds is 2. The Labute approximate surface area is 101 Å². The zero-order valence-electron chi connectivity index (χ0n) is 10.3. The summed E-state index contributed by atoms with van der Waals surface area (Å²) >= 11 is 0. The summed E-state index contributed by atoms with van der Waals surface area (Å²) in [6.45, 7) is 2.02. The van der Waals surface area contributed by atoms with Gasteiger partial charge in [0.25, 0.3) is 5.91 Å². The van der Waals surface area contributed by atoms with Gasteiger partial charge in [0.1, 0.15) is 11.4 Å². The third-order valence-electron chi connectivity index (χ3n) is 3.37. The number of likely N-dealkylation sites (tertiary alicyclic amines) is 1. The van der Waals surface area contributed by atoms with E-state index in [0.717, 1.165) is 25.9 Å². The number of carbonyl (C=O) groups excluding carboxylic acids is 1. The Morgan fingerprint density at radius 3 is 3.06 bits per heavy atom. The largest absolute Gasteiger partial charge is 0.383 e. The SMILES string of the molecule is CN1CCCC(N(C)C(=O)c2cn[nH]c2N)C1. The van der Waals surface area contributed by atoms with E-state index in [9.17, 15) is 4.79 Å². The van der Waals surface area contributed by atoms with Gasteiger partial charge in [0.15, 0.2) is 0 Å². The van der Waals surface area contributed by atoms with Crippen molar-refractivity contribution in [3.63, 3.8) is 0 Å². The highest BCUT2D eigenvalue weighted by atomic mass is 16.2. The van der Waals surface area contributed by atoms with Crippen LogP contribution in [-0.2, 0) is 0 Å². The van der Waals surface area contributed by atoms with Crippen LogP contribution in [0.15, 0.2) is 6.20 Å². The summed E-state index contributed by atoms with van der Waals surface area (Å²) in [4.78, 5) is 16.2. The van der Waals surface area contributed by atoms with Crippen LogP contribution in [0.4, 0.5) is 5.82 Å². The summed E-state index contributed by atoms with van der Waals surface area (Å²) < 4.78 is 0. The number of amides is 1. The summed E-state index contributed by atoms with van der Waals surface area (Å²) in [7, 11) is 3.91. The van der Waals surface area contributed by atoms with Crippen LogP contribution in [0.2, 0.25) is 0 Å². The van der Waals surface area contributed by atoms with Crippen molar-refractivity contribution >= 4 is 11.7 Å². The first kappa shape index (κ1) is 11.9. The molecule has 1 unspecified atom stereocenters. The number of nitrogen functional groups attached to an aromatic ring is 1. The molecule has 6 nitrogen and oxygen atoms in total. The van der Waals surface area contributed by atoms with Gasteiger partial charge in [0.05, 0.1) is 6.20 Å². The normalized spacial score (nSPS) is 21.4. The van der Waals surface area contributed by atoms with Gasteiger partial charge in [-0.25, -0.2) is 0 Å². The Morgan fingerprint density at radius 2 is 2.47 bits per heavy atom. The van der Waals surface area contributed by atoms with E-state index in [2.05, 4.69) is 22.1 Å². The molecule has 0 aromatic carbocycles. The summed E-state index contributed by atoms with van der Waals surface area (Å²) in [5, 5.41) is 6.36. The lowest BCUT2D eigenvalue weighted by atomic mass is 10.0. The Morgan fingerprint density at radius 1 is 1.71 bits per heavy atom. The molecule has 2 rings (SSSR count). The van der Waals surface area contributed by atoms with Gasteiger partial charge in [0, 0.05) is 19.6 Å². The van der Waals surface area contributed by atoms with Crippen LogP contribution in [0.5, 0.6) is 0 Å². The van der Waals surface area contributed by atoms with Gasteiger partial charge in [-0.3, -0.25) is 9.89 Å². The van der Waals surface area contributed by atoms with Gasteiger partial charge in [-0.2, -0.15) is 5.10 Å². The van der Waals surface area contributed by atoms with Crippen molar-refractivity contribution in [1.29, 1.82) is 0 Å². The number of nitrogens with two attached hydrogens (primary N) is 1. The first-order valence-electron chi connectivity index (χ1n) is 5.84. The van der Waals surface area contributed by atoms with E-state index >= 15 is 0 Å². The molecule has 0 spiro atoms. The standard InChI is InChI=1S/C11H19N5O/c1-15-5-3-4-8(7-15)16(2)11(17)9-6-13-14-10(9)12/h6,8H,3-5,7H2,1-2H3,(H3,12,13,14). The average Bonchev–Trinajstić information content (AvgIpc) is 2.73. The molecule has 6 heteroatoms. The highest BCUT2D eigenvalue weighted by Crippen LogP contribution is 2.17. The number of aromatic amines is 1. The molecular weight excluding hydrogens is 218 g/mol. The van der Waals surface area contributed by atoms with E-state index in [1.165, 1.54) is 6.20 Å². The predicted molar refractivity (Wildman–Crippen MR) is 65.6 cm³/mol. The zero-order chi connectivity index (χ0) is 12.4. The summed E-state index contributed by atoms with van der Waals surface area (Å²) in [5.74, 6) is 0.280. The van der Waals surface area contributed by atoms with Gasteiger partial charge in [-0.05, 0) is 26.4 Å². The molecule has 94 valence electrons. The number of hydrogen-bond donors (Lipinski definition) is 2. The average molecular weight is 237 g/mol. The minimum Gasteiger partial charge on any atom is -0.383 e. The lowest BCUT2D eigenvalue weighted by molar-refractivity contribution is 0.0645. The monoisotopic (exact) mass is 237 g/mol. The van der Waals surface area contributed by atoms with Crippen molar-refractivity contribution in [3.8, 4) is 0 Å². The Kier molecular flexibility index (Phi) is 3.33. The highest BCUT2D eigenvalue weighted by molar-refractivity contribution is 5.98. The molecule has 1 aromatic heterocycles. The molecule has 2 heterocycles. The number of piperidine rings is 1. The molecule has 0 aliphatic carbocycles. The van der Waals surface area contributed by atoms with Crippen LogP contribution in [0.1, 0.15) is 23.2 Å². The molecule has 17 heavy (non-hydrogen) atoms. The van der Waals surface area contributed by atoms with Crippen molar-refractivity contribution in [3.05, 3.63) is 11.8 Å². The summed E-state index contributed by atoms with van der Waals surface area (Å²) in [6.07, 6.45) is 3.66. The van der Waals surface area contributed by atoms with Crippen LogP contribution in [0.3, 0.4) is 0 Å². The van der Waals surface area contributed by atoms with Crippen LogP contribution in [0.25, 0.3) is 0 Å². The van der Waals surface area contributed by atoms with Crippen LogP contribution in [0, 0.1) is 0 Å². The fourth-order valence-corrected chi connectivity index (χ4v) is 2.28. The molecule has 1 aliphatic rings. The number of H-pyrrole nitrogens is 1. The van der Waals surface area contributed by atoms with Crippen molar-refractivity contribution < 1.29 is 4.79 Å². The molecule has 0 radical (unpaired) electrons. The minimum atomic E-state index is -0.0587. The quantitative estimate of drug-likeness (QED) is 0.768. The van der Waals surface area contributed by atoms with E-state index in [1.807, 2.05) is 7.05 Å². The molecular formula is C11H19N5O. The predicted octanol–water partition coefficient (Wildman–Crippen LogP) is 0.158. The molecule has 0 saturated carbocycles. The third kappa shape index (κ3) is 2.41. The summed E-state index contributed by atoms with van der Waals surface area (Å²) in [5.41, 5.74) is 6.12. The first-order chi connectivity index (χ1) is 8.09. The zero-order valence-corrected chi connectivity index (χ0v) is 10.3. The lowest BCUT2D eigenvalue weighted by Gasteiger charge is -2.35. The molecule has 0 bridgehead atoms. The second kappa shape index (κ2) is 4.75. The Balaban J connectivity index is 2.07. The van der Waals surface area contributed by atoms with Gasteiger partial charge in [-0.1, -0.05) is 0 Å². The van der Waals surface area contributed by atoms with E-state index in [1.54, 1.807) is 4.90 Å². The number of hydrogen-bond acceptors (Lipinski definition) is 4. The molecule has 3 N–H and O–H groups in total. The van der Waals surface area contributed by atoms with Crippen molar-refractivity contribution in [1.82, 2.24) is 20.0 Å². The maximum atomic E-state index is 12.2. The number of nitrogens with zero attached hydrogens (tertiary/aromatic N) is 3. The smallest absolute Gasteiger partial charge is 0.259 e. The van der Waals surface area contributed by atoms with E-state index in [-0.39, 0.29) is 11.9 Å². The van der Waals surface area contributed by atoms with Crippen molar-refractivity contribution in [2.75, 3.05) is 32.9 Å². The van der Waals surface area contributed by atoms with Gasteiger partial charge in [-0.15, -0.1) is 0 Å².